The SMILES string of the molecule is Cc1ccc(C(O)C(N)CCN)cc1. The summed E-state index contributed by atoms with van der Waals surface area (Å²) >= 11 is 0. The van der Waals surface area contributed by atoms with Crippen molar-refractivity contribution in [2.45, 2.75) is 25.5 Å². The molecule has 0 aliphatic carbocycles. The van der Waals surface area contributed by atoms with Crippen molar-refractivity contribution in [3.8, 4) is 0 Å². The fourth-order valence-corrected chi connectivity index (χ4v) is 1.36. The van der Waals surface area contributed by atoms with Gasteiger partial charge in [0.2, 0.25) is 0 Å². The van der Waals surface area contributed by atoms with E-state index in [0.717, 1.165) is 5.56 Å². The molecule has 0 heterocycles. The molecule has 0 aromatic heterocycles. The Morgan fingerprint density at radius 2 is 1.86 bits per heavy atom. The van der Waals surface area contributed by atoms with Crippen LogP contribution in [0.1, 0.15) is 23.7 Å². The summed E-state index contributed by atoms with van der Waals surface area (Å²) in [5.41, 5.74) is 13.2. The van der Waals surface area contributed by atoms with Crippen molar-refractivity contribution >= 4 is 0 Å². The first kappa shape index (κ1) is 11.2. The lowest BCUT2D eigenvalue weighted by molar-refractivity contribution is 0.143. The lowest BCUT2D eigenvalue weighted by atomic mass is 10.00. The quantitative estimate of drug-likeness (QED) is 0.660. The van der Waals surface area contributed by atoms with E-state index >= 15 is 0 Å². The van der Waals surface area contributed by atoms with Gasteiger partial charge >= 0.3 is 0 Å². The van der Waals surface area contributed by atoms with E-state index in [0.29, 0.717) is 13.0 Å². The van der Waals surface area contributed by atoms with Gasteiger partial charge in [-0.05, 0) is 25.5 Å². The number of aryl methyl sites for hydroxylation is 1. The number of aliphatic hydroxyl groups excluding tert-OH is 1. The molecule has 2 atom stereocenters. The molecule has 0 fully saturated rings. The molecule has 3 heteroatoms. The third kappa shape index (κ3) is 2.80. The third-order valence-electron chi connectivity index (χ3n) is 2.32. The Hall–Kier alpha value is -0.900. The van der Waals surface area contributed by atoms with Gasteiger partial charge in [0, 0.05) is 6.04 Å². The van der Waals surface area contributed by atoms with Gasteiger partial charge in [0.25, 0.3) is 0 Å². The minimum Gasteiger partial charge on any atom is -0.387 e. The number of aliphatic hydroxyl groups is 1. The average Bonchev–Trinajstić information content (AvgIpc) is 2.18. The van der Waals surface area contributed by atoms with Crippen molar-refractivity contribution in [1.82, 2.24) is 0 Å². The Morgan fingerprint density at radius 3 is 2.36 bits per heavy atom. The topological polar surface area (TPSA) is 72.3 Å². The van der Waals surface area contributed by atoms with E-state index in [1.165, 1.54) is 5.56 Å². The van der Waals surface area contributed by atoms with E-state index in [4.69, 9.17) is 11.5 Å². The monoisotopic (exact) mass is 194 g/mol. The molecule has 0 saturated carbocycles. The number of benzene rings is 1. The summed E-state index contributed by atoms with van der Waals surface area (Å²) in [6, 6.07) is 7.46. The highest BCUT2D eigenvalue weighted by molar-refractivity contribution is 5.23. The number of rotatable bonds is 4. The van der Waals surface area contributed by atoms with E-state index in [1.807, 2.05) is 31.2 Å². The molecule has 1 rings (SSSR count). The summed E-state index contributed by atoms with van der Waals surface area (Å²) < 4.78 is 0. The van der Waals surface area contributed by atoms with Crippen LogP contribution >= 0.6 is 0 Å². The summed E-state index contributed by atoms with van der Waals surface area (Å²) in [5, 5.41) is 9.83. The molecule has 0 aliphatic heterocycles. The molecule has 0 saturated heterocycles. The van der Waals surface area contributed by atoms with Crippen molar-refractivity contribution in [2.24, 2.45) is 11.5 Å². The predicted molar refractivity (Wildman–Crippen MR) is 57.8 cm³/mol. The van der Waals surface area contributed by atoms with E-state index in [9.17, 15) is 5.11 Å². The molecule has 78 valence electrons. The van der Waals surface area contributed by atoms with Crippen LogP contribution in [0.2, 0.25) is 0 Å². The van der Waals surface area contributed by atoms with Crippen LogP contribution in [0.3, 0.4) is 0 Å². The molecule has 5 N–H and O–H groups in total. The summed E-state index contributed by atoms with van der Waals surface area (Å²) in [6.07, 6.45) is 0.0221. The van der Waals surface area contributed by atoms with Gasteiger partial charge < -0.3 is 16.6 Å². The van der Waals surface area contributed by atoms with E-state index < -0.39 is 6.10 Å². The molecule has 0 radical (unpaired) electrons. The van der Waals surface area contributed by atoms with Crippen LogP contribution < -0.4 is 11.5 Å². The molecule has 0 amide bonds. The van der Waals surface area contributed by atoms with Gasteiger partial charge in [-0.1, -0.05) is 29.8 Å². The molecule has 1 aromatic carbocycles. The van der Waals surface area contributed by atoms with Gasteiger partial charge in [0.15, 0.2) is 0 Å². The minimum atomic E-state index is -0.612. The maximum atomic E-state index is 9.83. The Morgan fingerprint density at radius 1 is 1.29 bits per heavy atom. The lowest BCUT2D eigenvalue weighted by Crippen LogP contribution is -2.30. The average molecular weight is 194 g/mol. The smallest absolute Gasteiger partial charge is 0.0941 e. The normalized spacial score (nSPS) is 15.1. The van der Waals surface area contributed by atoms with Crippen molar-refractivity contribution in [3.05, 3.63) is 35.4 Å². The first-order valence-electron chi connectivity index (χ1n) is 4.85. The first-order chi connectivity index (χ1) is 6.65. The number of nitrogens with two attached hydrogens (primary N) is 2. The third-order valence-corrected chi connectivity index (χ3v) is 2.32. The minimum absolute atomic E-state index is 0.275. The van der Waals surface area contributed by atoms with Crippen LogP contribution in [0.4, 0.5) is 0 Å². The lowest BCUT2D eigenvalue weighted by Gasteiger charge is -2.18. The zero-order chi connectivity index (χ0) is 10.6. The predicted octanol–water partition coefficient (Wildman–Crippen LogP) is 0.705. The fourth-order valence-electron chi connectivity index (χ4n) is 1.36. The maximum Gasteiger partial charge on any atom is 0.0941 e. The number of hydrogen-bond acceptors (Lipinski definition) is 3. The van der Waals surface area contributed by atoms with Crippen LogP contribution in [-0.2, 0) is 0 Å². The Balaban J connectivity index is 2.68. The van der Waals surface area contributed by atoms with Crippen molar-refractivity contribution in [2.75, 3.05) is 6.54 Å². The van der Waals surface area contributed by atoms with E-state index in [2.05, 4.69) is 0 Å². The zero-order valence-corrected chi connectivity index (χ0v) is 8.48. The first-order valence-corrected chi connectivity index (χ1v) is 4.85. The van der Waals surface area contributed by atoms with Gasteiger partial charge in [0.1, 0.15) is 0 Å². The fraction of sp³-hybridized carbons (Fsp3) is 0.455. The molecular weight excluding hydrogens is 176 g/mol. The Kier molecular flexibility index (Phi) is 4.07. The Bertz CT molecular complexity index is 271. The molecular formula is C11H18N2O. The molecule has 3 nitrogen and oxygen atoms in total. The summed E-state index contributed by atoms with van der Waals surface area (Å²) in [6.45, 7) is 2.51. The second kappa shape index (κ2) is 5.10. The molecule has 0 spiro atoms. The molecule has 0 bridgehead atoms. The summed E-state index contributed by atoms with van der Waals surface area (Å²) in [7, 11) is 0. The second-order valence-corrected chi connectivity index (χ2v) is 3.60. The van der Waals surface area contributed by atoms with Gasteiger partial charge in [-0.3, -0.25) is 0 Å². The highest BCUT2D eigenvalue weighted by Gasteiger charge is 2.15. The molecule has 1 aromatic rings. The van der Waals surface area contributed by atoms with Crippen LogP contribution in [0.15, 0.2) is 24.3 Å². The highest BCUT2D eigenvalue weighted by Crippen LogP contribution is 2.17. The molecule has 0 aliphatic rings. The largest absolute Gasteiger partial charge is 0.387 e. The van der Waals surface area contributed by atoms with Crippen molar-refractivity contribution in [3.63, 3.8) is 0 Å². The number of hydrogen-bond donors (Lipinski definition) is 3. The maximum absolute atomic E-state index is 9.83. The van der Waals surface area contributed by atoms with Gasteiger partial charge in [-0.2, -0.15) is 0 Å². The standard InChI is InChI=1S/C11H18N2O/c1-8-2-4-9(5-3-8)11(14)10(13)6-7-12/h2-5,10-11,14H,6-7,12-13H2,1H3. The van der Waals surface area contributed by atoms with E-state index in [1.54, 1.807) is 0 Å². The van der Waals surface area contributed by atoms with E-state index in [-0.39, 0.29) is 6.04 Å². The van der Waals surface area contributed by atoms with Crippen LogP contribution in [0, 0.1) is 6.92 Å². The highest BCUT2D eigenvalue weighted by atomic mass is 16.3. The summed E-state index contributed by atoms with van der Waals surface area (Å²) in [4.78, 5) is 0. The summed E-state index contributed by atoms with van der Waals surface area (Å²) in [5.74, 6) is 0. The van der Waals surface area contributed by atoms with Gasteiger partial charge in [-0.25, -0.2) is 0 Å². The van der Waals surface area contributed by atoms with Crippen LogP contribution in [-0.4, -0.2) is 17.7 Å². The molecule has 14 heavy (non-hydrogen) atoms. The Labute approximate surface area is 84.7 Å². The van der Waals surface area contributed by atoms with Crippen LogP contribution in [0.5, 0.6) is 0 Å². The van der Waals surface area contributed by atoms with Gasteiger partial charge in [-0.15, -0.1) is 0 Å². The van der Waals surface area contributed by atoms with Crippen LogP contribution in [0.25, 0.3) is 0 Å². The van der Waals surface area contributed by atoms with Gasteiger partial charge in [0.05, 0.1) is 6.10 Å². The van der Waals surface area contributed by atoms with Crippen molar-refractivity contribution < 1.29 is 5.11 Å². The molecule has 2 unspecified atom stereocenters. The van der Waals surface area contributed by atoms with Crippen molar-refractivity contribution in [1.29, 1.82) is 0 Å². The second-order valence-electron chi connectivity index (χ2n) is 3.60. The zero-order valence-electron chi connectivity index (χ0n) is 8.48.